The number of rotatable bonds is 4. The van der Waals surface area contributed by atoms with Gasteiger partial charge in [0.25, 0.3) is 0 Å². The van der Waals surface area contributed by atoms with Crippen molar-refractivity contribution in [2.75, 3.05) is 11.9 Å². The van der Waals surface area contributed by atoms with Gasteiger partial charge in [0.2, 0.25) is 0 Å². The average molecular weight is 304 g/mol. The van der Waals surface area contributed by atoms with E-state index >= 15 is 0 Å². The van der Waals surface area contributed by atoms with Crippen LogP contribution < -0.4 is 5.32 Å². The molecule has 0 amide bonds. The number of aromatic nitrogens is 4. The number of nitrogens with one attached hydrogen (secondary N) is 2. The monoisotopic (exact) mass is 303 g/mol. The van der Waals surface area contributed by atoms with E-state index in [4.69, 9.17) is 11.6 Å². The van der Waals surface area contributed by atoms with E-state index in [-0.39, 0.29) is 6.54 Å². The summed E-state index contributed by atoms with van der Waals surface area (Å²) in [6.45, 7) is 1.96. The summed E-state index contributed by atoms with van der Waals surface area (Å²) in [5.74, 6) is 0.612. The summed E-state index contributed by atoms with van der Waals surface area (Å²) in [5.41, 5.74) is 0.181. The number of anilines is 1. The van der Waals surface area contributed by atoms with Gasteiger partial charge in [-0.05, 0) is 13.0 Å². The van der Waals surface area contributed by atoms with Gasteiger partial charge in [-0.15, -0.1) is 0 Å². The average Bonchev–Trinajstić information content (AvgIpc) is 2.94. The molecule has 3 rings (SSSR count). The minimum absolute atomic E-state index is 0.258. The van der Waals surface area contributed by atoms with Crippen molar-refractivity contribution in [3.63, 3.8) is 0 Å². The Morgan fingerprint density at radius 1 is 1.33 bits per heavy atom. The molecule has 3 N–H and O–H groups in total. The Morgan fingerprint density at radius 2 is 2.14 bits per heavy atom. The van der Waals surface area contributed by atoms with E-state index in [9.17, 15) is 5.11 Å². The molecule has 1 unspecified atom stereocenters. The minimum Gasteiger partial charge on any atom is -0.384 e. The number of hydrogen-bond acceptors (Lipinski definition) is 5. The highest BCUT2D eigenvalue weighted by Gasteiger charge is 2.25. The maximum Gasteiger partial charge on any atom is 0.160 e. The van der Waals surface area contributed by atoms with Crippen molar-refractivity contribution in [1.82, 2.24) is 20.2 Å². The van der Waals surface area contributed by atoms with Crippen molar-refractivity contribution in [3.8, 4) is 0 Å². The van der Waals surface area contributed by atoms with E-state index < -0.39 is 5.60 Å². The molecule has 2 aromatic heterocycles. The maximum absolute atomic E-state index is 10.6. The zero-order valence-electron chi connectivity index (χ0n) is 11.3. The van der Waals surface area contributed by atoms with Gasteiger partial charge in [-0.2, -0.15) is 5.10 Å². The van der Waals surface area contributed by atoms with Crippen molar-refractivity contribution in [2.24, 2.45) is 0 Å². The van der Waals surface area contributed by atoms with Crippen LogP contribution in [0.25, 0.3) is 11.0 Å². The largest absolute Gasteiger partial charge is 0.384 e. The van der Waals surface area contributed by atoms with Gasteiger partial charge in [-0.25, -0.2) is 9.97 Å². The Hall–Kier alpha value is -2.18. The van der Waals surface area contributed by atoms with Gasteiger partial charge in [-0.1, -0.05) is 29.8 Å². The minimum atomic E-state index is -1.13. The Morgan fingerprint density at radius 3 is 2.95 bits per heavy atom. The molecule has 0 spiro atoms. The molecule has 6 nitrogen and oxygen atoms in total. The van der Waals surface area contributed by atoms with Gasteiger partial charge < -0.3 is 10.4 Å². The first-order valence-corrected chi connectivity index (χ1v) is 6.81. The van der Waals surface area contributed by atoms with Gasteiger partial charge >= 0.3 is 0 Å². The SMILES string of the molecule is CC(O)(CNc1ncnc2[nH]ncc12)c1ccccc1Cl. The highest BCUT2D eigenvalue weighted by molar-refractivity contribution is 6.31. The summed E-state index contributed by atoms with van der Waals surface area (Å²) < 4.78 is 0. The molecule has 0 saturated heterocycles. The maximum atomic E-state index is 10.6. The number of H-pyrrole nitrogens is 1. The topological polar surface area (TPSA) is 86.7 Å². The molecule has 21 heavy (non-hydrogen) atoms. The molecule has 3 aromatic rings. The lowest BCUT2D eigenvalue weighted by Gasteiger charge is -2.25. The van der Waals surface area contributed by atoms with Crippen LogP contribution in [0.5, 0.6) is 0 Å². The van der Waals surface area contributed by atoms with Gasteiger partial charge in [-0.3, -0.25) is 5.10 Å². The van der Waals surface area contributed by atoms with Crippen molar-refractivity contribution in [3.05, 3.63) is 47.4 Å². The highest BCUT2D eigenvalue weighted by Crippen LogP contribution is 2.28. The van der Waals surface area contributed by atoms with Crippen molar-refractivity contribution in [1.29, 1.82) is 0 Å². The smallest absolute Gasteiger partial charge is 0.160 e. The van der Waals surface area contributed by atoms with Crippen LogP contribution in [0.4, 0.5) is 5.82 Å². The van der Waals surface area contributed by atoms with Crippen LogP contribution in [0.1, 0.15) is 12.5 Å². The Bertz CT molecular complexity index is 771. The van der Waals surface area contributed by atoms with E-state index in [1.54, 1.807) is 25.3 Å². The number of nitrogens with zero attached hydrogens (tertiary/aromatic N) is 3. The molecule has 0 aliphatic heterocycles. The summed E-state index contributed by atoms with van der Waals surface area (Å²) in [7, 11) is 0. The molecule has 0 saturated carbocycles. The summed E-state index contributed by atoms with van der Waals surface area (Å²) in [6.07, 6.45) is 3.08. The van der Waals surface area contributed by atoms with E-state index in [2.05, 4.69) is 25.5 Å². The molecule has 0 radical (unpaired) electrons. The summed E-state index contributed by atoms with van der Waals surface area (Å²) in [6, 6.07) is 7.23. The number of benzene rings is 1. The predicted octanol–water partition coefficient (Wildman–Crippen LogP) is 2.33. The zero-order valence-corrected chi connectivity index (χ0v) is 12.1. The van der Waals surface area contributed by atoms with Crippen LogP contribution in [-0.2, 0) is 5.60 Å². The fourth-order valence-electron chi connectivity index (χ4n) is 2.15. The second-order valence-corrected chi connectivity index (χ2v) is 5.37. The van der Waals surface area contributed by atoms with E-state index in [0.29, 0.717) is 22.1 Å². The van der Waals surface area contributed by atoms with Gasteiger partial charge in [0.05, 0.1) is 11.6 Å². The number of hydrogen-bond donors (Lipinski definition) is 3. The second-order valence-electron chi connectivity index (χ2n) is 4.96. The van der Waals surface area contributed by atoms with Crippen LogP contribution >= 0.6 is 11.6 Å². The molecule has 2 heterocycles. The molecule has 0 bridgehead atoms. The molecule has 0 aliphatic carbocycles. The third kappa shape index (κ3) is 2.68. The van der Waals surface area contributed by atoms with Crippen molar-refractivity contribution in [2.45, 2.75) is 12.5 Å². The molecular formula is C14H14ClN5O. The van der Waals surface area contributed by atoms with Crippen LogP contribution in [0.15, 0.2) is 36.8 Å². The van der Waals surface area contributed by atoms with E-state index in [0.717, 1.165) is 5.39 Å². The Balaban J connectivity index is 1.84. The summed E-state index contributed by atoms with van der Waals surface area (Å²) in [5, 5.41) is 21.8. The first-order chi connectivity index (χ1) is 10.1. The van der Waals surface area contributed by atoms with E-state index in [1.807, 2.05) is 12.1 Å². The van der Waals surface area contributed by atoms with Gasteiger partial charge in [0.15, 0.2) is 5.65 Å². The normalized spacial score (nSPS) is 14.0. The first-order valence-electron chi connectivity index (χ1n) is 6.43. The molecule has 7 heteroatoms. The second kappa shape index (κ2) is 5.31. The number of halogens is 1. The van der Waals surface area contributed by atoms with Crippen LogP contribution in [0.2, 0.25) is 5.02 Å². The van der Waals surface area contributed by atoms with Crippen molar-refractivity contribution < 1.29 is 5.11 Å². The fraction of sp³-hybridized carbons (Fsp3) is 0.214. The molecule has 0 fully saturated rings. The van der Waals surface area contributed by atoms with Gasteiger partial charge in [0, 0.05) is 17.1 Å². The molecule has 108 valence electrons. The Labute approximate surface area is 126 Å². The number of fused-ring (bicyclic) bond motifs is 1. The lowest BCUT2D eigenvalue weighted by Crippen LogP contribution is -2.31. The van der Waals surface area contributed by atoms with Crippen LogP contribution in [0.3, 0.4) is 0 Å². The lowest BCUT2D eigenvalue weighted by molar-refractivity contribution is 0.0716. The molecular weight excluding hydrogens is 290 g/mol. The third-order valence-corrected chi connectivity index (χ3v) is 3.63. The Kier molecular flexibility index (Phi) is 3.48. The quantitative estimate of drug-likeness (QED) is 0.688. The zero-order chi connectivity index (χ0) is 14.9. The van der Waals surface area contributed by atoms with E-state index in [1.165, 1.54) is 6.33 Å². The van der Waals surface area contributed by atoms with Crippen LogP contribution in [0, 0.1) is 0 Å². The third-order valence-electron chi connectivity index (χ3n) is 3.30. The number of aromatic amines is 1. The summed E-state index contributed by atoms with van der Waals surface area (Å²) >= 11 is 6.14. The number of aliphatic hydroxyl groups is 1. The predicted molar refractivity (Wildman–Crippen MR) is 81.2 cm³/mol. The summed E-state index contributed by atoms with van der Waals surface area (Å²) in [4.78, 5) is 8.24. The van der Waals surface area contributed by atoms with Crippen LogP contribution in [-0.4, -0.2) is 31.8 Å². The van der Waals surface area contributed by atoms with Crippen molar-refractivity contribution >= 4 is 28.5 Å². The van der Waals surface area contributed by atoms with Gasteiger partial charge in [0.1, 0.15) is 17.7 Å². The first kappa shape index (κ1) is 13.8. The molecule has 1 atom stereocenters. The molecule has 1 aromatic carbocycles. The lowest BCUT2D eigenvalue weighted by atomic mass is 9.96. The standard InChI is InChI=1S/C14H14ClN5O/c1-14(21,10-4-2-3-5-11(10)15)7-16-12-9-6-19-20-13(9)18-8-17-12/h2-6,8,21H,7H2,1H3,(H2,16,17,18,19,20). The highest BCUT2D eigenvalue weighted by atomic mass is 35.5. The molecule has 0 aliphatic rings. The fourth-order valence-corrected chi connectivity index (χ4v) is 2.49.